The van der Waals surface area contributed by atoms with Gasteiger partial charge in [-0.25, -0.2) is 0 Å². The lowest BCUT2D eigenvalue weighted by Crippen LogP contribution is -2.44. The second-order valence-electron chi connectivity index (χ2n) is 7.22. The van der Waals surface area contributed by atoms with Crippen LogP contribution in [0.5, 0.6) is 0 Å². The van der Waals surface area contributed by atoms with E-state index in [0.29, 0.717) is 0 Å². The average molecular weight is 297 g/mol. The van der Waals surface area contributed by atoms with E-state index in [1.165, 1.54) is 83.7 Å². The molecule has 0 unspecified atom stereocenters. The fourth-order valence-electron chi connectivity index (χ4n) is 4.09. The first-order valence-corrected chi connectivity index (χ1v) is 9.59. The Hall–Kier alpha value is -0.0800. The molecule has 2 fully saturated rings. The van der Waals surface area contributed by atoms with E-state index in [1.807, 2.05) is 0 Å². The minimum absolute atomic E-state index is 0.937. The normalized spacial score (nSPS) is 21.4. The molecule has 2 aliphatic carbocycles. The van der Waals surface area contributed by atoms with Crippen molar-refractivity contribution in [3.8, 4) is 0 Å². The summed E-state index contributed by atoms with van der Waals surface area (Å²) < 4.78 is 0. The molecule has 2 saturated carbocycles. The van der Waals surface area contributed by atoms with Gasteiger partial charge in [0.1, 0.15) is 0 Å². The summed E-state index contributed by atoms with van der Waals surface area (Å²) in [5, 5.41) is 0. The highest BCUT2D eigenvalue weighted by atomic mass is 15.2. The molecular weight excluding hydrogens is 256 g/mol. The molecule has 2 nitrogen and oxygen atoms in total. The third kappa shape index (κ3) is 7.65. The van der Waals surface area contributed by atoms with Gasteiger partial charge in [0.25, 0.3) is 0 Å². The van der Waals surface area contributed by atoms with E-state index in [4.69, 9.17) is 0 Å². The van der Waals surface area contributed by atoms with Gasteiger partial charge in [0.05, 0.1) is 0 Å². The van der Waals surface area contributed by atoms with Crippen LogP contribution in [0.4, 0.5) is 0 Å². The Kier molecular flexibility index (Phi) is 10.4. The van der Waals surface area contributed by atoms with Crippen LogP contribution >= 0.6 is 0 Å². The molecule has 0 aromatic heterocycles. The molecule has 0 bridgehead atoms. The van der Waals surface area contributed by atoms with E-state index in [-0.39, 0.29) is 0 Å². The summed E-state index contributed by atoms with van der Waals surface area (Å²) in [5.41, 5.74) is 0. The van der Waals surface area contributed by atoms with Gasteiger partial charge in [-0.3, -0.25) is 4.90 Å². The first-order valence-electron chi connectivity index (χ1n) is 9.59. The minimum Gasteiger partial charge on any atom is -0.309 e. The van der Waals surface area contributed by atoms with Crippen LogP contribution in [0.2, 0.25) is 0 Å². The van der Waals surface area contributed by atoms with E-state index in [0.717, 1.165) is 12.1 Å². The molecule has 0 aromatic rings. The molecule has 0 radical (unpaired) electrons. The van der Waals surface area contributed by atoms with Crippen molar-refractivity contribution < 1.29 is 0 Å². The zero-order chi connectivity index (χ0) is 15.5. The predicted molar refractivity (Wildman–Crippen MR) is 95.0 cm³/mol. The summed E-state index contributed by atoms with van der Waals surface area (Å²) in [5.74, 6) is 0. The molecule has 0 heterocycles. The standard InChI is InChI=1S/C14H27N.C5H13N/c1-2-15(13-9-5-3-6-10-13)14-11-7-4-8-12-14;1-4-5-6(2)3/h13-14H,2-12H2,1H3;4-5H2,1-3H3. The third-order valence-corrected chi connectivity index (χ3v) is 5.12. The van der Waals surface area contributed by atoms with Gasteiger partial charge in [0, 0.05) is 12.1 Å². The van der Waals surface area contributed by atoms with Crippen molar-refractivity contribution >= 4 is 0 Å². The fourth-order valence-corrected chi connectivity index (χ4v) is 4.09. The number of hydrogen-bond donors (Lipinski definition) is 0. The molecule has 0 amide bonds. The van der Waals surface area contributed by atoms with Gasteiger partial charge in [-0.15, -0.1) is 0 Å². The highest BCUT2D eigenvalue weighted by Gasteiger charge is 2.27. The van der Waals surface area contributed by atoms with Crippen LogP contribution in [-0.4, -0.2) is 49.1 Å². The Morgan fingerprint density at radius 1 is 0.714 bits per heavy atom. The SMILES string of the molecule is CCCN(C)C.CCN(C1CCCCC1)C1CCCCC1. The van der Waals surface area contributed by atoms with Crippen LogP contribution in [0.25, 0.3) is 0 Å². The van der Waals surface area contributed by atoms with E-state index in [2.05, 4.69) is 37.7 Å². The lowest BCUT2D eigenvalue weighted by molar-refractivity contribution is 0.0869. The third-order valence-electron chi connectivity index (χ3n) is 5.12. The van der Waals surface area contributed by atoms with E-state index in [1.54, 1.807) is 0 Å². The molecule has 2 rings (SSSR count). The first kappa shape index (κ1) is 19.0. The van der Waals surface area contributed by atoms with Crippen molar-refractivity contribution in [1.29, 1.82) is 0 Å². The number of rotatable bonds is 5. The zero-order valence-corrected chi connectivity index (χ0v) is 15.2. The van der Waals surface area contributed by atoms with Crippen LogP contribution in [-0.2, 0) is 0 Å². The molecule has 126 valence electrons. The largest absolute Gasteiger partial charge is 0.309 e. The van der Waals surface area contributed by atoms with Gasteiger partial charge < -0.3 is 4.90 Å². The Morgan fingerprint density at radius 3 is 1.38 bits per heavy atom. The van der Waals surface area contributed by atoms with Gasteiger partial charge in [-0.05, 0) is 59.3 Å². The molecule has 21 heavy (non-hydrogen) atoms. The summed E-state index contributed by atoms with van der Waals surface area (Å²) in [7, 11) is 4.17. The molecule has 0 aromatic carbocycles. The highest BCUT2D eigenvalue weighted by Crippen LogP contribution is 2.29. The van der Waals surface area contributed by atoms with Crippen LogP contribution in [0.15, 0.2) is 0 Å². The maximum Gasteiger partial charge on any atom is 0.00980 e. The molecule has 0 spiro atoms. The van der Waals surface area contributed by atoms with Gasteiger partial charge in [-0.1, -0.05) is 52.4 Å². The number of hydrogen-bond acceptors (Lipinski definition) is 2. The number of nitrogens with zero attached hydrogens (tertiary/aromatic N) is 2. The van der Waals surface area contributed by atoms with Crippen molar-refractivity contribution in [2.75, 3.05) is 27.2 Å². The monoisotopic (exact) mass is 296 g/mol. The smallest absolute Gasteiger partial charge is 0.00980 e. The van der Waals surface area contributed by atoms with Crippen molar-refractivity contribution in [3.63, 3.8) is 0 Å². The van der Waals surface area contributed by atoms with Gasteiger partial charge in [-0.2, -0.15) is 0 Å². The van der Waals surface area contributed by atoms with Crippen LogP contribution in [0.3, 0.4) is 0 Å². The van der Waals surface area contributed by atoms with Crippen molar-refractivity contribution in [2.45, 2.75) is 96.6 Å². The molecule has 2 aliphatic rings. The second kappa shape index (κ2) is 11.5. The Morgan fingerprint density at radius 2 is 1.14 bits per heavy atom. The van der Waals surface area contributed by atoms with Crippen LogP contribution in [0, 0.1) is 0 Å². The molecule has 2 heteroatoms. The van der Waals surface area contributed by atoms with Crippen molar-refractivity contribution in [3.05, 3.63) is 0 Å². The topological polar surface area (TPSA) is 6.48 Å². The highest BCUT2D eigenvalue weighted by molar-refractivity contribution is 4.82. The first-order chi connectivity index (χ1) is 10.2. The second-order valence-corrected chi connectivity index (χ2v) is 7.22. The fraction of sp³-hybridized carbons (Fsp3) is 1.00. The van der Waals surface area contributed by atoms with Crippen LogP contribution < -0.4 is 0 Å². The minimum atomic E-state index is 0.937. The van der Waals surface area contributed by atoms with E-state index in [9.17, 15) is 0 Å². The quantitative estimate of drug-likeness (QED) is 0.709. The lowest BCUT2D eigenvalue weighted by atomic mass is 9.89. The van der Waals surface area contributed by atoms with Gasteiger partial charge in [0.2, 0.25) is 0 Å². The molecule has 0 aliphatic heterocycles. The summed E-state index contributed by atoms with van der Waals surface area (Å²) in [6, 6.07) is 1.87. The maximum atomic E-state index is 2.85. The van der Waals surface area contributed by atoms with E-state index < -0.39 is 0 Å². The van der Waals surface area contributed by atoms with Gasteiger partial charge >= 0.3 is 0 Å². The molecule has 0 atom stereocenters. The van der Waals surface area contributed by atoms with Gasteiger partial charge in [0.15, 0.2) is 0 Å². The van der Waals surface area contributed by atoms with Crippen molar-refractivity contribution in [1.82, 2.24) is 9.80 Å². The zero-order valence-electron chi connectivity index (χ0n) is 15.2. The lowest BCUT2D eigenvalue weighted by Gasteiger charge is -2.41. The molecule has 0 N–H and O–H groups in total. The van der Waals surface area contributed by atoms with E-state index >= 15 is 0 Å². The Balaban J connectivity index is 0.000000315. The summed E-state index contributed by atoms with van der Waals surface area (Å²) >= 11 is 0. The maximum absolute atomic E-state index is 2.85. The Bertz CT molecular complexity index is 210. The van der Waals surface area contributed by atoms with Crippen molar-refractivity contribution in [2.24, 2.45) is 0 Å². The summed E-state index contributed by atoms with van der Waals surface area (Å²) in [4.78, 5) is 5.03. The molecular formula is C19H40N2. The molecule has 0 saturated heterocycles. The Labute approximate surface area is 134 Å². The van der Waals surface area contributed by atoms with Crippen LogP contribution in [0.1, 0.15) is 84.5 Å². The summed E-state index contributed by atoms with van der Waals surface area (Å²) in [6.45, 7) is 7.04. The predicted octanol–water partition coefficient (Wildman–Crippen LogP) is 4.93. The summed E-state index contributed by atoms with van der Waals surface area (Å²) in [6.07, 6.45) is 16.1. The average Bonchev–Trinajstić information content (AvgIpc) is 2.51.